The van der Waals surface area contributed by atoms with Gasteiger partial charge in [-0.2, -0.15) is 4.98 Å². The van der Waals surface area contributed by atoms with Crippen LogP contribution in [0.2, 0.25) is 0 Å². The molecule has 4 aromatic carbocycles. The fourth-order valence-corrected chi connectivity index (χ4v) is 6.50. The summed E-state index contributed by atoms with van der Waals surface area (Å²) in [7, 11) is 1.59. The minimum absolute atomic E-state index is 0.0634. The van der Waals surface area contributed by atoms with Crippen LogP contribution in [-0.2, 0) is 20.3 Å². The van der Waals surface area contributed by atoms with Crippen LogP contribution in [0.25, 0.3) is 11.1 Å². The van der Waals surface area contributed by atoms with Gasteiger partial charge in [-0.15, -0.1) is 0 Å². The minimum Gasteiger partial charge on any atom is -0.497 e. The number of rotatable bonds is 12. The first-order valence-corrected chi connectivity index (χ1v) is 16.2. The van der Waals surface area contributed by atoms with Crippen molar-refractivity contribution in [2.75, 3.05) is 19.5 Å². The predicted octanol–water partition coefficient (Wildman–Crippen LogP) is 5.96. The Kier molecular flexibility index (Phi) is 10.5. The van der Waals surface area contributed by atoms with E-state index in [9.17, 15) is 14.7 Å². The molecular weight excluding hydrogens is 630 g/mol. The average Bonchev–Trinajstić information content (AvgIpc) is 3.49. The van der Waals surface area contributed by atoms with Gasteiger partial charge in [-0.1, -0.05) is 84.9 Å². The van der Waals surface area contributed by atoms with Gasteiger partial charge in [0.15, 0.2) is 0 Å². The molecule has 246 valence electrons. The van der Waals surface area contributed by atoms with E-state index in [1.54, 1.807) is 19.2 Å². The third kappa shape index (κ3) is 7.61. The molecule has 1 aliphatic rings. The first kappa shape index (κ1) is 33.0. The molecular formula is C37H35N3O7S. The van der Waals surface area contributed by atoms with E-state index in [1.807, 2.05) is 66.7 Å². The number of hydrogen-bond donors (Lipinski definition) is 2. The summed E-state index contributed by atoms with van der Waals surface area (Å²) in [6.07, 6.45) is -0.989. The maximum absolute atomic E-state index is 13.7. The molecule has 1 aliphatic heterocycles. The monoisotopic (exact) mass is 665 g/mol. The summed E-state index contributed by atoms with van der Waals surface area (Å²) in [4.78, 5) is 29.7. The summed E-state index contributed by atoms with van der Waals surface area (Å²) in [5, 5.41) is 10.6. The molecule has 0 radical (unpaired) electrons. The molecule has 0 bridgehead atoms. The molecule has 11 heteroatoms. The van der Waals surface area contributed by atoms with Crippen LogP contribution in [0.1, 0.15) is 44.9 Å². The fourth-order valence-electron chi connectivity index (χ4n) is 5.63. The van der Waals surface area contributed by atoms with Gasteiger partial charge in [-0.3, -0.25) is 4.57 Å². The highest BCUT2D eigenvalue weighted by Crippen LogP contribution is 2.38. The van der Waals surface area contributed by atoms with Crippen molar-refractivity contribution in [1.29, 1.82) is 0 Å². The molecule has 2 heterocycles. The number of anilines is 1. The normalized spacial score (nSPS) is 17.4. The molecule has 0 aliphatic carbocycles. The number of nitrogens with two attached hydrogens (primary N) is 1. The van der Waals surface area contributed by atoms with E-state index in [0.717, 1.165) is 22.3 Å². The number of methoxy groups -OCH3 is 1. The van der Waals surface area contributed by atoms with Crippen LogP contribution < -0.4 is 16.2 Å². The van der Waals surface area contributed by atoms with Gasteiger partial charge >= 0.3 is 11.7 Å². The number of benzene rings is 4. The van der Waals surface area contributed by atoms with Gasteiger partial charge in [0.25, 0.3) is 0 Å². The van der Waals surface area contributed by atoms with Gasteiger partial charge in [0, 0.05) is 30.2 Å². The average molecular weight is 666 g/mol. The Morgan fingerprint density at radius 1 is 0.979 bits per heavy atom. The van der Waals surface area contributed by atoms with E-state index in [4.69, 9.17) is 24.1 Å². The molecule has 6 rings (SSSR count). The standard InChI is InChI=1S/C37H35N3O7S/c1-44-28-17-15-24(16-18-28)34-27(22-46-48-35(25-9-4-2-5-10-25)26-11-6-3-7-12-26)13-8-14-29(34)36(42)45-23-31-30(41)21-33(47-31)40-20-19-32(38)39-37(40)43/h2-20,30-31,33,35,41H,21-23H2,1H3,(H2,38,39,43)/t30-,31+,33+/m0/s1. The third-order valence-corrected chi connectivity index (χ3v) is 9.07. The second-order valence-corrected chi connectivity index (χ2v) is 12.1. The number of carbonyl (C=O) groups excluding carboxylic acids is 1. The Bertz CT molecular complexity index is 1850. The summed E-state index contributed by atoms with van der Waals surface area (Å²) >= 11 is 1.36. The fraction of sp³-hybridized carbons (Fsp3) is 0.216. The van der Waals surface area contributed by atoms with Gasteiger partial charge in [-0.05, 0) is 46.5 Å². The van der Waals surface area contributed by atoms with Crippen LogP contribution in [0.5, 0.6) is 5.75 Å². The number of nitrogens with zero attached hydrogens (tertiary/aromatic N) is 2. The number of esters is 1. The number of carbonyl (C=O) groups is 1. The van der Waals surface area contributed by atoms with Gasteiger partial charge in [-0.25, -0.2) is 9.59 Å². The van der Waals surface area contributed by atoms with Gasteiger partial charge in [0.05, 0.1) is 30.6 Å². The molecule has 48 heavy (non-hydrogen) atoms. The number of ether oxygens (including phenoxy) is 3. The molecule has 0 unspecified atom stereocenters. The van der Waals surface area contributed by atoms with Crippen molar-refractivity contribution in [3.8, 4) is 16.9 Å². The molecule has 1 aromatic heterocycles. The van der Waals surface area contributed by atoms with Crippen LogP contribution in [0.15, 0.2) is 120 Å². The Balaban J connectivity index is 1.21. The Hall–Kier alpha value is -4.94. The lowest BCUT2D eigenvalue weighted by molar-refractivity contribution is -0.0531. The first-order chi connectivity index (χ1) is 23.4. The summed E-state index contributed by atoms with van der Waals surface area (Å²) in [6, 6.07) is 34.6. The number of nitrogen functional groups attached to an aromatic ring is 1. The lowest BCUT2D eigenvalue weighted by atomic mass is 9.94. The predicted molar refractivity (Wildman–Crippen MR) is 183 cm³/mol. The zero-order valence-corrected chi connectivity index (χ0v) is 27.0. The van der Waals surface area contributed by atoms with Crippen molar-refractivity contribution in [2.45, 2.75) is 36.7 Å². The first-order valence-electron chi connectivity index (χ1n) is 15.4. The molecule has 0 saturated carbocycles. The lowest BCUT2D eigenvalue weighted by Gasteiger charge is -2.19. The molecule has 1 fully saturated rings. The van der Waals surface area contributed by atoms with Gasteiger partial charge in [0.2, 0.25) is 0 Å². The number of aliphatic hydroxyl groups is 1. The molecule has 3 N–H and O–H groups in total. The second-order valence-electron chi connectivity index (χ2n) is 11.2. The van der Waals surface area contributed by atoms with Crippen molar-refractivity contribution in [1.82, 2.24) is 9.55 Å². The molecule has 1 saturated heterocycles. The van der Waals surface area contributed by atoms with E-state index in [0.29, 0.717) is 16.9 Å². The van der Waals surface area contributed by atoms with Crippen molar-refractivity contribution in [2.24, 2.45) is 0 Å². The van der Waals surface area contributed by atoms with Crippen LogP contribution in [0.4, 0.5) is 5.82 Å². The largest absolute Gasteiger partial charge is 0.497 e. The van der Waals surface area contributed by atoms with Crippen molar-refractivity contribution < 1.29 is 28.3 Å². The van der Waals surface area contributed by atoms with Crippen LogP contribution in [0.3, 0.4) is 0 Å². The highest BCUT2D eigenvalue weighted by atomic mass is 32.2. The number of aliphatic hydroxyl groups excluding tert-OH is 1. The Morgan fingerprint density at radius 3 is 2.31 bits per heavy atom. The number of aromatic nitrogens is 2. The molecule has 0 spiro atoms. The highest BCUT2D eigenvalue weighted by molar-refractivity contribution is 7.95. The lowest BCUT2D eigenvalue weighted by Crippen LogP contribution is -2.29. The SMILES string of the molecule is COc1ccc(-c2c(COSC(c3ccccc3)c3ccccc3)cccc2C(=O)OC[C@H]2O[C@@H](n3ccc(N)nc3=O)C[C@@H]2O)cc1. The Morgan fingerprint density at radius 2 is 1.67 bits per heavy atom. The molecule has 0 amide bonds. The zero-order valence-electron chi connectivity index (χ0n) is 26.2. The van der Waals surface area contributed by atoms with E-state index < -0.39 is 30.1 Å². The summed E-state index contributed by atoms with van der Waals surface area (Å²) in [5.41, 5.74) is 9.78. The maximum Gasteiger partial charge on any atom is 0.351 e. The van der Waals surface area contributed by atoms with Crippen LogP contribution in [0, 0.1) is 0 Å². The van der Waals surface area contributed by atoms with Crippen LogP contribution >= 0.6 is 12.0 Å². The van der Waals surface area contributed by atoms with Gasteiger partial charge < -0.3 is 29.2 Å². The quantitative estimate of drug-likeness (QED) is 0.121. The van der Waals surface area contributed by atoms with E-state index in [2.05, 4.69) is 29.2 Å². The summed E-state index contributed by atoms with van der Waals surface area (Å²) < 4.78 is 24.5. The maximum atomic E-state index is 13.7. The van der Waals surface area contributed by atoms with E-state index >= 15 is 0 Å². The molecule has 10 nitrogen and oxygen atoms in total. The second kappa shape index (κ2) is 15.3. The number of hydrogen-bond acceptors (Lipinski definition) is 10. The molecule has 5 aromatic rings. The summed E-state index contributed by atoms with van der Waals surface area (Å²) in [5.74, 6) is 0.178. The Labute approximate surface area is 282 Å². The third-order valence-electron chi connectivity index (χ3n) is 8.08. The van der Waals surface area contributed by atoms with Crippen LogP contribution in [-0.4, -0.2) is 46.6 Å². The van der Waals surface area contributed by atoms with E-state index in [1.165, 1.54) is 28.9 Å². The topological polar surface area (TPSA) is 135 Å². The highest BCUT2D eigenvalue weighted by Gasteiger charge is 2.36. The summed E-state index contributed by atoms with van der Waals surface area (Å²) in [6.45, 7) is -0.0120. The minimum atomic E-state index is -0.966. The molecule has 3 atom stereocenters. The zero-order chi connectivity index (χ0) is 33.5. The van der Waals surface area contributed by atoms with Crippen molar-refractivity contribution >= 4 is 23.8 Å². The van der Waals surface area contributed by atoms with Crippen molar-refractivity contribution in [3.63, 3.8) is 0 Å². The van der Waals surface area contributed by atoms with Crippen molar-refractivity contribution in [3.05, 3.63) is 148 Å². The van der Waals surface area contributed by atoms with E-state index in [-0.39, 0.29) is 30.7 Å². The smallest absolute Gasteiger partial charge is 0.351 e. The van der Waals surface area contributed by atoms with Gasteiger partial charge in [0.1, 0.15) is 30.5 Å².